The zero-order chi connectivity index (χ0) is 11.0. The topological polar surface area (TPSA) is 6.48 Å². The van der Waals surface area contributed by atoms with Crippen LogP contribution in [0.1, 0.15) is 0 Å². The van der Waals surface area contributed by atoms with Gasteiger partial charge in [0.2, 0.25) is 0 Å². The maximum atomic E-state index is 2.47. The number of allylic oxidation sites excluding steroid dienone is 2. The first-order chi connectivity index (χ1) is 6.23. The lowest BCUT2D eigenvalue weighted by Crippen LogP contribution is -2.59. The van der Waals surface area contributed by atoms with E-state index in [1.807, 2.05) is 0 Å². The molecule has 0 aliphatic carbocycles. The maximum Gasteiger partial charge on any atom is 0.172 e. The van der Waals surface area contributed by atoms with E-state index in [1.165, 1.54) is 0 Å². The molecule has 0 radical (unpaired) electrons. The molecule has 0 spiro atoms. The van der Waals surface area contributed by atoms with Crippen LogP contribution in [0.2, 0.25) is 39.3 Å². The molecule has 4 heteroatoms. The maximum absolute atomic E-state index is 2.47. The molecule has 2 nitrogen and oxygen atoms in total. The summed E-state index contributed by atoms with van der Waals surface area (Å²) in [6.07, 6.45) is 8.72. The van der Waals surface area contributed by atoms with Gasteiger partial charge in [-0.05, 0) is 51.4 Å². The summed E-state index contributed by atoms with van der Waals surface area (Å²) >= 11 is 0. The van der Waals surface area contributed by atoms with Crippen molar-refractivity contribution in [3.8, 4) is 0 Å². The first kappa shape index (κ1) is 11.6. The third-order valence-electron chi connectivity index (χ3n) is 2.17. The van der Waals surface area contributed by atoms with Crippen molar-refractivity contribution in [2.45, 2.75) is 39.3 Å². The Morgan fingerprint density at radius 3 is 1.14 bits per heavy atom. The van der Waals surface area contributed by atoms with E-state index in [-0.39, 0.29) is 0 Å². The van der Waals surface area contributed by atoms with Crippen molar-refractivity contribution in [2.75, 3.05) is 0 Å². The summed E-state index contributed by atoms with van der Waals surface area (Å²) in [5, 5.41) is 0. The zero-order valence-electron chi connectivity index (χ0n) is 10.2. The lowest BCUT2D eigenvalue weighted by Gasteiger charge is -2.49. The van der Waals surface area contributed by atoms with E-state index < -0.39 is 16.5 Å². The molecular formula is C10H22N2Si2. The Bertz CT molecular complexity index is 230. The minimum atomic E-state index is -1.27. The molecule has 0 fully saturated rings. The molecule has 0 amide bonds. The molecule has 1 aliphatic rings. The molecular weight excluding hydrogens is 204 g/mol. The largest absolute Gasteiger partial charge is 0.329 e. The Kier molecular flexibility index (Phi) is 2.97. The Hall–Kier alpha value is -0.486. The zero-order valence-corrected chi connectivity index (χ0v) is 12.2. The summed E-state index contributed by atoms with van der Waals surface area (Å²) < 4.78 is 4.94. The van der Waals surface area contributed by atoms with E-state index in [2.05, 4.69) is 73.2 Å². The van der Waals surface area contributed by atoms with Crippen LogP contribution in [0, 0.1) is 0 Å². The van der Waals surface area contributed by atoms with Gasteiger partial charge >= 0.3 is 0 Å². The van der Waals surface area contributed by atoms with Crippen molar-refractivity contribution >= 4 is 16.5 Å². The SMILES string of the molecule is C[Si](C)(C)N1C=CC=CN1[Si](C)(C)C. The lowest BCUT2D eigenvalue weighted by molar-refractivity contribution is 0.273. The Balaban J connectivity index is 2.94. The standard InChI is InChI=1S/C10H22N2Si2/c1-13(2,3)11-9-7-8-10-12(11)14(4,5)6/h7-10H,1-6H3. The van der Waals surface area contributed by atoms with Gasteiger partial charge in [-0.1, -0.05) is 0 Å². The van der Waals surface area contributed by atoms with Gasteiger partial charge in [-0.25, -0.2) is 0 Å². The predicted octanol–water partition coefficient (Wildman–Crippen LogP) is 3.22. The highest BCUT2D eigenvalue weighted by Gasteiger charge is 2.33. The molecule has 0 bridgehead atoms. The highest BCUT2D eigenvalue weighted by Crippen LogP contribution is 2.23. The smallest absolute Gasteiger partial charge is 0.172 e. The summed E-state index contributed by atoms with van der Waals surface area (Å²) in [6.45, 7) is 14.3. The van der Waals surface area contributed by atoms with E-state index >= 15 is 0 Å². The molecule has 0 N–H and O–H groups in total. The number of nitrogens with zero attached hydrogens (tertiary/aromatic N) is 2. The van der Waals surface area contributed by atoms with Gasteiger partial charge in [0.05, 0.1) is 0 Å². The Labute approximate surface area is 90.1 Å². The number of hydrogen-bond donors (Lipinski definition) is 0. The molecule has 1 aliphatic heterocycles. The van der Waals surface area contributed by atoms with E-state index in [4.69, 9.17) is 0 Å². The first-order valence-electron chi connectivity index (χ1n) is 5.16. The Morgan fingerprint density at radius 1 is 0.643 bits per heavy atom. The fourth-order valence-electron chi connectivity index (χ4n) is 1.50. The van der Waals surface area contributed by atoms with Gasteiger partial charge in [-0.15, -0.1) is 0 Å². The summed E-state index contributed by atoms with van der Waals surface area (Å²) in [7, 11) is -2.55. The highest BCUT2D eigenvalue weighted by atomic mass is 28.3. The van der Waals surface area contributed by atoms with Gasteiger partial charge in [0, 0.05) is 12.4 Å². The average Bonchev–Trinajstić information content (AvgIpc) is 2.01. The normalized spacial score (nSPS) is 17.9. The van der Waals surface area contributed by atoms with Gasteiger partial charge < -0.3 is 9.35 Å². The second kappa shape index (κ2) is 3.58. The highest BCUT2D eigenvalue weighted by molar-refractivity contribution is 6.77. The summed E-state index contributed by atoms with van der Waals surface area (Å²) in [4.78, 5) is 0. The molecule has 14 heavy (non-hydrogen) atoms. The predicted molar refractivity (Wildman–Crippen MR) is 68.7 cm³/mol. The van der Waals surface area contributed by atoms with Crippen molar-refractivity contribution in [3.63, 3.8) is 0 Å². The van der Waals surface area contributed by atoms with Crippen LogP contribution in [-0.2, 0) is 0 Å². The van der Waals surface area contributed by atoms with Crippen molar-refractivity contribution in [3.05, 3.63) is 24.6 Å². The van der Waals surface area contributed by atoms with Gasteiger partial charge in [0.25, 0.3) is 0 Å². The van der Waals surface area contributed by atoms with Crippen LogP contribution in [0.3, 0.4) is 0 Å². The van der Waals surface area contributed by atoms with Crippen molar-refractivity contribution in [1.82, 2.24) is 9.35 Å². The van der Waals surface area contributed by atoms with Crippen LogP contribution in [0.5, 0.6) is 0 Å². The minimum Gasteiger partial charge on any atom is -0.329 e. The van der Waals surface area contributed by atoms with Crippen LogP contribution >= 0.6 is 0 Å². The number of hydrogen-bond acceptors (Lipinski definition) is 2. The van der Waals surface area contributed by atoms with E-state index in [0.717, 1.165) is 0 Å². The van der Waals surface area contributed by atoms with Gasteiger partial charge in [0.1, 0.15) is 0 Å². The first-order valence-corrected chi connectivity index (χ1v) is 12.1. The molecule has 0 aromatic carbocycles. The average molecular weight is 226 g/mol. The van der Waals surface area contributed by atoms with Gasteiger partial charge in [-0.2, -0.15) is 0 Å². The second-order valence-corrected chi connectivity index (χ2v) is 15.3. The van der Waals surface area contributed by atoms with Crippen molar-refractivity contribution < 1.29 is 0 Å². The lowest BCUT2D eigenvalue weighted by atomic mass is 10.5. The van der Waals surface area contributed by atoms with E-state index in [1.54, 1.807) is 0 Å². The van der Waals surface area contributed by atoms with Crippen LogP contribution in [0.15, 0.2) is 24.6 Å². The van der Waals surface area contributed by atoms with Crippen LogP contribution in [0.25, 0.3) is 0 Å². The summed E-state index contributed by atoms with van der Waals surface area (Å²) in [5.74, 6) is 0. The molecule has 0 atom stereocenters. The van der Waals surface area contributed by atoms with Gasteiger partial charge in [-0.3, -0.25) is 0 Å². The van der Waals surface area contributed by atoms with Gasteiger partial charge in [0.15, 0.2) is 16.5 Å². The van der Waals surface area contributed by atoms with E-state index in [0.29, 0.717) is 0 Å². The van der Waals surface area contributed by atoms with Crippen LogP contribution < -0.4 is 0 Å². The molecule has 0 unspecified atom stereocenters. The minimum absolute atomic E-state index is 1.27. The monoisotopic (exact) mass is 226 g/mol. The molecule has 0 aromatic heterocycles. The second-order valence-electron chi connectivity index (χ2n) is 5.71. The van der Waals surface area contributed by atoms with Crippen LogP contribution in [0.4, 0.5) is 0 Å². The quantitative estimate of drug-likeness (QED) is 0.667. The molecule has 0 saturated carbocycles. The number of rotatable bonds is 2. The third-order valence-corrected chi connectivity index (χ3v) is 5.85. The molecule has 0 aromatic rings. The Morgan fingerprint density at radius 2 is 0.929 bits per heavy atom. The fraction of sp³-hybridized carbons (Fsp3) is 0.600. The molecule has 80 valence electrons. The third kappa shape index (κ3) is 2.51. The summed E-state index contributed by atoms with van der Waals surface area (Å²) in [5.41, 5.74) is 0. The van der Waals surface area contributed by atoms with Crippen molar-refractivity contribution in [2.24, 2.45) is 0 Å². The van der Waals surface area contributed by atoms with E-state index in [9.17, 15) is 0 Å². The summed E-state index contributed by atoms with van der Waals surface area (Å²) in [6, 6.07) is 0. The molecule has 1 heterocycles. The van der Waals surface area contributed by atoms with Crippen LogP contribution in [-0.4, -0.2) is 25.8 Å². The fourth-order valence-corrected chi connectivity index (χ4v) is 5.79. The van der Waals surface area contributed by atoms with Crippen molar-refractivity contribution in [1.29, 1.82) is 0 Å². The molecule has 0 saturated heterocycles. The number of hydrazine groups is 1. The molecule has 1 rings (SSSR count).